The molecule has 0 saturated carbocycles. The lowest BCUT2D eigenvalue weighted by Crippen LogP contribution is -2.29. The van der Waals surface area contributed by atoms with E-state index in [0.29, 0.717) is 45.3 Å². The van der Waals surface area contributed by atoms with Crippen molar-refractivity contribution in [2.45, 2.75) is 13.5 Å². The van der Waals surface area contributed by atoms with Gasteiger partial charge in [-0.3, -0.25) is 4.79 Å². The van der Waals surface area contributed by atoms with Gasteiger partial charge in [-0.2, -0.15) is 0 Å². The van der Waals surface area contributed by atoms with E-state index in [2.05, 4.69) is 0 Å². The first-order chi connectivity index (χ1) is 10.1. The molecule has 118 valence electrons. The van der Waals surface area contributed by atoms with E-state index >= 15 is 0 Å². The minimum atomic E-state index is -1.22. The number of carboxylic acid groups (broad SMARTS) is 1. The predicted octanol–water partition coefficient (Wildman–Crippen LogP) is 0.535. The highest BCUT2D eigenvalue weighted by Gasteiger charge is 2.11. The topological polar surface area (TPSA) is 87.0 Å². The van der Waals surface area contributed by atoms with Crippen LogP contribution in [0.3, 0.4) is 0 Å². The number of rotatable bonds is 10. The molecule has 0 aliphatic heterocycles. The lowest BCUT2D eigenvalue weighted by molar-refractivity contribution is 0.0228. The zero-order chi connectivity index (χ0) is 15.7. The zero-order valence-electron chi connectivity index (χ0n) is 12.3. The van der Waals surface area contributed by atoms with Crippen molar-refractivity contribution in [1.29, 1.82) is 0 Å². The molecule has 0 amide bonds. The Morgan fingerprint density at radius 3 is 2.38 bits per heavy atom. The standard InChI is InChI=1S/C14H21NO6/c1-11-3-4-12(14(17)18)13(16)15(11)5-6-20-9-10-21-8-7-19-2/h3-4H,5-10H2,1-2H3,(H,17,18). The number of methoxy groups -OCH3 is 1. The summed E-state index contributed by atoms with van der Waals surface area (Å²) in [4.78, 5) is 22.9. The maximum atomic E-state index is 12.0. The molecule has 1 heterocycles. The van der Waals surface area contributed by atoms with Crippen LogP contribution in [0, 0.1) is 6.92 Å². The van der Waals surface area contributed by atoms with Crippen molar-refractivity contribution >= 4 is 5.97 Å². The van der Waals surface area contributed by atoms with Gasteiger partial charge in [-0.1, -0.05) is 0 Å². The second kappa shape index (κ2) is 9.28. The molecule has 1 aromatic heterocycles. The fraction of sp³-hybridized carbons (Fsp3) is 0.571. The quantitative estimate of drug-likeness (QED) is 0.634. The number of aromatic nitrogens is 1. The van der Waals surface area contributed by atoms with Crippen LogP contribution in [0.25, 0.3) is 0 Å². The number of aryl methyl sites for hydroxylation is 1. The first-order valence-electron chi connectivity index (χ1n) is 6.66. The van der Waals surface area contributed by atoms with Crippen molar-refractivity contribution < 1.29 is 24.1 Å². The molecule has 0 aliphatic rings. The number of nitrogens with zero attached hydrogens (tertiary/aromatic N) is 1. The molecule has 7 heteroatoms. The number of hydrogen-bond donors (Lipinski definition) is 1. The van der Waals surface area contributed by atoms with E-state index in [1.807, 2.05) is 0 Å². The lowest BCUT2D eigenvalue weighted by Gasteiger charge is -2.11. The smallest absolute Gasteiger partial charge is 0.341 e. The Balaban J connectivity index is 2.40. The van der Waals surface area contributed by atoms with Gasteiger partial charge in [0, 0.05) is 19.3 Å². The fourth-order valence-corrected chi connectivity index (χ4v) is 1.73. The summed E-state index contributed by atoms with van der Waals surface area (Å²) in [6.45, 7) is 4.29. The first kappa shape index (κ1) is 17.4. The van der Waals surface area contributed by atoms with Crippen molar-refractivity contribution in [3.05, 3.63) is 33.7 Å². The first-order valence-corrected chi connectivity index (χ1v) is 6.66. The number of pyridine rings is 1. The molecular weight excluding hydrogens is 278 g/mol. The van der Waals surface area contributed by atoms with Gasteiger partial charge in [0.1, 0.15) is 5.56 Å². The van der Waals surface area contributed by atoms with Gasteiger partial charge in [0.05, 0.1) is 33.0 Å². The van der Waals surface area contributed by atoms with Crippen molar-refractivity contribution in [2.24, 2.45) is 0 Å². The summed E-state index contributed by atoms with van der Waals surface area (Å²) in [5.41, 5.74) is -0.0455. The number of hydrogen-bond acceptors (Lipinski definition) is 5. The third-order valence-corrected chi connectivity index (χ3v) is 2.89. The Morgan fingerprint density at radius 2 is 1.76 bits per heavy atom. The molecule has 0 bridgehead atoms. The number of ether oxygens (including phenoxy) is 3. The summed E-state index contributed by atoms with van der Waals surface area (Å²) in [7, 11) is 1.60. The second-order valence-corrected chi connectivity index (χ2v) is 4.37. The van der Waals surface area contributed by atoms with Crippen LogP contribution in [-0.2, 0) is 20.8 Å². The highest BCUT2D eigenvalue weighted by atomic mass is 16.5. The molecule has 0 radical (unpaired) electrons. The van der Waals surface area contributed by atoms with Crippen LogP contribution in [0.2, 0.25) is 0 Å². The monoisotopic (exact) mass is 299 g/mol. The molecule has 0 unspecified atom stereocenters. The normalized spacial score (nSPS) is 10.8. The van der Waals surface area contributed by atoms with Crippen LogP contribution in [0.5, 0.6) is 0 Å². The lowest BCUT2D eigenvalue weighted by atomic mass is 10.2. The minimum absolute atomic E-state index is 0.233. The highest BCUT2D eigenvalue weighted by molar-refractivity contribution is 5.87. The van der Waals surface area contributed by atoms with Gasteiger partial charge in [0.2, 0.25) is 0 Å². The molecule has 1 rings (SSSR count). The predicted molar refractivity (Wildman–Crippen MR) is 75.9 cm³/mol. The zero-order valence-corrected chi connectivity index (χ0v) is 12.3. The van der Waals surface area contributed by atoms with E-state index in [0.717, 1.165) is 0 Å². The maximum Gasteiger partial charge on any atom is 0.341 e. The number of carbonyl (C=O) groups is 1. The Kier molecular flexibility index (Phi) is 7.66. The Bertz CT molecular complexity index is 511. The third kappa shape index (κ3) is 5.66. The van der Waals surface area contributed by atoms with Gasteiger partial charge in [-0.25, -0.2) is 4.79 Å². The van der Waals surface area contributed by atoms with Gasteiger partial charge in [-0.05, 0) is 19.1 Å². The van der Waals surface area contributed by atoms with Crippen molar-refractivity contribution in [2.75, 3.05) is 40.1 Å². The van der Waals surface area contributed by atoms with E-state index in [9.17, 15) is 9.59 Å². The van der Waals surface area contributed by atoms with E-state index in [4.69, 9.17) is 19.3 Å². The number of aromatic carboxylic acids is 1. The second-order valence-electron chi connectivity index (χ2n) is 4.37. The summed E-state index contributed by atoms with van der Waals surface area (Å²) in [6, 6.07) is 2.93. The van der Waals surface area contributed by atoms with E-state index in [1.165, 1.54) is 10.6 Å². The van der Waals surface area contributed by atoms with Gasteiger partial charge in [-0.15, -0.1) is 0 Å². The van der Waals surface area contributed by atoms with E-state index in [1.54, 1.807) is 20.1 Å². The summed E-state index contributed by atoms with van der Waals surface area (Å²) in [5.74, 6) is -1.22. The molecule has 7 nitrogen and oxygen atoms in total. The van der Waals surface area contributed by atoms with Crippen LogP contribution >= 0.6 is 0 Å². The largest absolute Gasteiger partial charge is 0.477 e. The molecular formula is C14H21NO6. The Labute approximate surface area is 123 Å². The molecule has 0 saturated heterocycles. The third-order valence-electron chi connectivity index (χ3n) is 2.89. The molecule has 1 aromatic rings. The van der Waals surface area contributed by atoms with Crippen LogP contribution in [0.4, 0.5) is 0 Å². The van der Waals surface area contributed by atoms with Crippen LogP contribution in [0.1, 0.15) is 16.1 Å². The summed E-state index contributed by atoms with van der Waals surface area (Å²) < 4.78 is 16.8. The van der Waals surface area contributed by atoms with Gasteiger partial charge < -0.3 is 23.9 Å². The fourth-order valence-electron chi connectivity index (χ4n) is 1.73. The molecule has 0 fully saturated rings. The highest BCUT2D eigenvalue weighted by Crippen LogP contribution is 1.99. The molecule has 0 aromatic carbocycles. The van der Waals surface area contributed by atoms with Crippen molar-refractivity contribution in [3.8, 4) is 0 Å². The van der Waals surface area contributed by atoms with Gasteiger partial charge >= 0.3 is 5.97 Å². The van der Waals surface area contributed by atoms with Crippen LogP contribution in [0.15, 0.2) is 16.9 Å². The Hall–Kier alpha value is -1.70. The van der Waals surface area contributed by atoms with Crippen LogP contribution < -0.4 is 5.56 Å². The molecule has 21 heavy (non-hydrogen) atoms. The summed E-state index contributed by atoms with van der Waals surface area (Å²) >= 11 is 0. The van der Waals surface area contributed by atoms with Gasteiger partial charge in [0.25, 0.3) is 5.56 Å². The Morgan fingerprint density at radius 1 is 1.14 bits per heavy atom. The summed E-state index contributed by atoms with van der Waals surface area (Å²) in [6.07, 6.45) is 0. The average molecular weight is 299 g/mol. The minimum Gasteiger partial charge on any atom is -0.477 e. The van der Waals surface area contributed by atoms with Crippen molar-refractivity contribution in [1.82, 2.24) is 4.57 Å². The van der Waals surface area contributed by atoms with Crippen molar-refractivity contribution in [3.63, 3.8) is 0 Å². The molecule has 0 atom stereocenters. The summed E-state index contributed by atoms with van der Waals surface area (Å²) in [5, 5.41) is 8.92. The number of carboxylic acids is 1. The van der Waals surface area contributed by atoms with Gasteiger partial charge in [0.15, 0.2) is 0 Å². The van der Waals surface area contributed by atoms with Crippen LogP contribution in [-0.4, -0.2) is 55.8 Å². The molecule has 0 spiro atoms. The average Bonchev–Trinajstić information content (AvgIpc) is 2.44. The molecule has 0 aliphatic carbocycles. The molecule has 1 N–H and O–H groups in total. The van der Waals surface area contributed by atoms with E-state index in [-0.39, 0.29) is 5.56 Å². The van der Waals surface area contributed by atoms with E-state index < -0.39 is 11.5 Å². The maximum absolute atomic E-state index is 12.0. The SMILES string of the molecule is COCCOCCOCCn1c(C)ccc(C(=O)O)c1=O.